The highest BCUT2D eigenvalue weighted by Crippen LogP contribution is 2.25. The third-order valence-electron chi connectivity index (χ3n) is 4.73. The Bertz CT molecular complexity index is 1290. The fraction of sp³-hybridized carbons (Fsp3) is 0.0417. The average molecular weight is 427 g/mol. The Morgan fingerprint density at radius 1 is 0.906 bits per heavy atom. The van der Waals surface area contributed by atoms with Crippen LogP contribution in [0.15, 0.2) is 90.0 Å². The number of nitro benzene ring substituents is 1. The van der Waals surface area contributed by atoms with Gasteiger partial charge >= 0.3 is 0 Å². The standard InChI is InChI=1S/C24H18FN5O2/c1-16(19-8-5-9-21(14-19)30(31)32)28-29-24-26-22(17-6-3-2-4-7-17)15-23(27-24)18-10-12-20(25)13-11-18/h2-15H,1H3,(H,26,27,29)/b28-16-. The summed E-state index contributed by atoms with van der Waals surface area (Å²) in [5, 5.41) is 15.3. The summed E-state index contributed by atoms with van der Waals surface area (Å²) >= 11 is 0. The zero-order chi connectivity index (χ0) is 22.5. The first kappa shape index (κ1) is 20.8. The predicted octanol–water partition coefficient (Wildman–Crippen LogP) is 5.69. The van der Waals surface area contributed by atoms with Crippen molar-refractivity contribution >= 4 is 17.3 Å². The number of nitro groups is 1. The van der Waals surface area contributed by atoms with Gasteiger partial charge in [-0.3, -0.25) is 10.1 Å². The van der Waals surface area contributed by atoms with Crippen LogP contribution in [0.3, 0.4) is 0 Å². The molecule has 0 saturated carbocycles. The number of nitrogens with zero attached hydrogens (tertiary/aromatic N) is 4. The van der Waals surface area contributed by atoms with Crippen molar-refractivity contribution in [1.29, 1.82) is 0 Å². The summed E-state index contributed by atoms with van der Waals surface area (Å²) < 4.78 is 13.4. The average Bonchev–Trinajstić information content (AvgIpc) is 2.83. The van der Waals surface area contributed by atoms with Gasteiger partial charge in [-0.25, -0.2) is 19.8 Å². The van der Waals surface area contributed by atoms with Gasteiger partial charge in [0, 0.05) is 28.8 Å². The normalized spacial score (nSPS) is 11.2. The van der Waals surface area contributed by atoms with Crippen LogP contribution in [-0.2, 0) is 0 Å². The highest BCUT2D eigenvalue weighted by molar-refractivity contribution is 5.99. The molecule has 0 amide bonds. The Labute approximate surface area is 183 Å². The molecule has 0 aliphatic heterocycles. The molecule has 0 aliphatic rings. The summed E-state index contributed by atoms with van der Waals surface area (Å²) in [5.74, 6) is -0.0860. The lowest BCUT2D eigenvalue weighted by Gasteiger charge is -2.09. The van der Waals surface area contributed by atoms with Crippen LogP contribution in [0.1, 0.15) is 12.5 Å². The molecular formula is C24H18FN5O2. The molecule has 4 rings (SSSR count). The van der Waals surface area contributed by atoms with E-state index in [1.165, 1.54) is 24.3 Å². The van der Waals surface area contributed by atoms with Crippen LogP contribution in [-0.4, -0.2) is 20.6 Å². The predicted molar refractivity (Wildman–Crippen MR) is 122 cm³/mol. The number of aromatic nitrogens is 2. The second-order valence-electron chi connectivity index (χ2n) is 6.95. The first-order valence-corrected chi connectivity index (χ1v) is 9.75. The molecule has 0 unspecified atom stereocenters. The number of benzene rings is 3. The molecule has 1 N–H and O–H groups in total. The number of non-ortho nitro benzene ring substituents is 1. The molecule has 8 heteroatoms. The van der Waals surface area contributed by atoms with Gasteiger partial charge in [0.25, 0.3) is 5.69 Å². The lowest BCUT2D eigenvalue weighted by atomic mass is 10.1. The van der Waals surface area contributed by atoms with Crippen molar-refractivity contribution < 1.29 is 9.31 Å². The molecule has 1 aromatic heterocycles. The Morgan fingerprint density at radius 3 is 2.22 bits per heavy atom. The molecule has 0 radical (unpaired) electrons. The van der Waals surface area contributed by atoms with Crippen LogP contribution in [0.4, 0.5) is 16.0 Å². The summed E-state index contributed by atoms with van der Waals surface area (Å²) in [7, 11) is 0. The van der Waals surface area contributed by atoms with Crippen LogP contribution < -0.4 is 5.43 Å². The number of rotatable bonds is 6. The monoisotopic (exact) mass is 427 g/mol. The SMILES string of the molecule is C/C(=N/Nc1nc(-c2ccccc2)cc(-c2ccc(F)cc2)n1)c1cccc([N+](=O)[O-])c1. The van der Waals surface area contributed by atoms with Crippen molar-refractivity contribution in [2.75, 3.05) is 5.43 Å². The second kappa shape index (κ2) is 9.13. The lowest BCUT2D eigenvalue weighted by Crippen LogP contribution is -2.04. The molecule has 4 aromatic rings. The molecule has 3 aromatic carbocycles. The maximum Gasteiger partial charge on any atom is 0.270 e. The van der Waals surface area contributed by atoms with Gasteiger partial charge in [-0.1, -0.05) is 42.5 Å². The minimum Gasteiger partial charge on any atom is -0.258 e. The van der Waals surface area contributed by atoms with Crippen molar-refractivity contribution in [3.63, 3.8) is 0 Å². The molecule has 0 bridgehead atoms. The molecule has 0 saturated heterocycles. The van der Waals surface area contributed by atoms with E-state index in [0.29, 0.717) is 22.7 Å². The van der Waals surface area contributed by atoms with E-state index in [2.05, 4.69) is 20.5 Å². The van der Waals surface area contributed by atoms with Gasteiger partial charge in [0.1, 0.15) is 5.82 Å². The molecule has 1 heterocycles. The van der Waals surface area contributed by atoms with Gasteiger partial charge in [0.05, 0.1) is 22.0 Å². The van der Waals surface area contributed by atoms with Gasteiger partial charge in [0.2, 0.25) is 5.95 Å². The van der Waals surface area contributed by atoms with E-state index in [1.54, 1.807) is 31.2 Å². The summed E-state index contributed by atoms with van der Waals surface area (Å²) in [6.45, 7) is 1.73. The van der Waals surface area contributed by atoms with Gasteiger partial charge in [-0.2, -0.15) is 5.10 Å². The topological polar surface area (TPSA) is 93.3 Å². The number of hydrazone groups is 1. The van der Waals surface area contributed by atoms with Crippen molar-refractivity contribution in [3.05, 3.63) is 106 Å². The summed E-state index contributed by atoms with van der Waals surface area (Å²) in [6.07, 6.45) is 0. The zero-order valence-corrected chi connectivity index (χ0v) is 17.1. The Balaban J connectivity index is 1.70. The van der Waals surface area contributed by atoms with E-state index in [-0.39, 0.29) is 17.5 Å². The van der Waals surface area contributed by atoms with Crippen molar-refractivity contribution in [1.82, 2.24) is 9.97 Å². The van der Waals surface area contributed by atoms with Crippen LogP contribution in [0.2, 0.25) is 0 Å². The minimum absolute atomic E-state index is 0.0158. The summed E-state index contributed by atoms with van der Waals surface area (Å²) in [5.41, 5.74) is 6.86. The van der Waals surface area contributed by atoms with Crippen LogP contribution >= 0.6 is 0 Å². The summed E-state index contributed by atoms with van der Waals surface area (Å²) in [6, 6.07) is 23.7. The van der Waals surface area contributed by atoms with Crippen LogP contribution in [0, 0.1) is 15.9 Å². The van der Waals surface area contributed by atoms with Gasteiger partial charge in [-0.05, 0) is 37.3 Å². The van der Waals surface area contributed by atoms with Crippen LogP contribution in [0.25, 0.3) is 22.5 Å². The molecule has 0 aliphatic carbocycles. The number of hydrogen-bond donors (Lipinski definition) is 1. The number of halogens is 1. The van der Waals surface area contributed by atoms with Crippen molar-refractivity contribution in [2.24, 2.45) is 5.10 Å². The van der Waals surface area contributed by atoms with E-state index >= 15 is 0 Å². The summed E-state index contributed by atoms with van der Waals surface area (Å²) in [4.78, 5) is 19.6. The third kappa shape index (κ3) is 4.81. The van der Waals surface area contributed by atoms with Crippen molar-refractivity contribution in [3.8, 4) is 22.5 Å². The van der Waals surface area contributed by atoms with E-state index in [1.807, 2.05) is 36.4 Å². The zero-order valence-electron chi connectivity index (χ0n) is 17.1. The Hall–Kier alpha value is -4.46. The number of nitrogens with one attached hydrogen (secondary N) is 1. The number of anilines is 1. The van der Waals surface area contributed by atoms with Gasteiger partial charge < -0.3 is 0 Å². The van der Waals surface area contributed by atoms with Crippen molar-refractivity contribution in [2.45, 2.75) is 6.92 Å². The fourth-order valence-corrected chi connectivity index (χ4v) is 3.07. The molecule has 0 spiro atoms. The van der Waals surface area contributed by atoms with E-state index in [9.17, 15) is 14.5 Å². The molecule has 0 fully saturated rings. The number of hydrogen-bond acceptors (Lipinski definition) is 6. The Morgan fingerprint density at radius 2 is 1.56 bits per heavy atom. The third-order valence-corrected chi connectivity index (χ3v) is 4.73. The quantitative estimate of drug-likeness (QED) is 0.242. The second-order valence-corrected chi connectivity index (χ2v) is 6.95. The fourth-order valence-electron chi connectivity index (χ4n) is 3.07. The molecular weight excluding hydrogens is 409 g/mol. The molecule has 7 nitrogen and oxygen atoms in total. The molecule has 158 valence electrons. The first-order valence-electron chi connectivity index (χ1n) is 9.75. The molecule has 0 atom stereocenters. The molecule has 32 heavy (non-hydrogen) atoms. The van der Waals surface area contributed by atoms with E-state index in [0.717, 1.165) is 11.1 Å². The highest BCUT2D eigenvalue weighted by atomic mass is 19.1. The maximum atomic E-state index is 13.4. The van der Waals surface area contributed by atoms with E-state index in [4.69, 9.17) is 0 Å². The Kier molecular flexibility index (Phi) is 5.94. The van der Waals surface area contributed by atoms with Gasteiger partial charge in [-0.15, -0.1) is 0 Å². The smallest absolute Gasteiger partial charge is 0.258 e. The minimum atomic E-state index is -0.453. The highest BCUT2D eigenvalue weighted by Gasteiger charge is 2.10. The van der Waals surface area contributed by atoms with E-state index < -0.39 is 4.92 Å². The van der Waals surface area contributed by atoms with Gasteiger partial charge in [0.15, 0.2) is 0 Å². The lowest BCUT2D eigenvalue weighted by molar-refractivity contribution is -0.384. The largest absolute Gasteiger partial charge is 0.270 e. The van der Waals surface area contributed by atoms with Crippen LogP contribution in [0.5, 0.6) is 0 Å². The first-order chi connectivity index (χ1) is 15.5. The maximum absolute atomic E-state index is 13.4.